The van der Waals surface area contributed by atoms with Crippen molar-refractivity contribution in [2.75, 3.05) is 6.61 Å². The molecule has 1 saturated heterocycles. The lowest BCUT2D eigenvalue weighted by atomic mass is 10.2. The molecule has 1 aliphatic rings. The number of rotatable bonds is 5. The van der Waals surface area contributed by atoms with Crippen LogP contribution in [0.5, 0.6) is 0 Å². The molecule has 5 nitrogen and oxygen atoms in total. The quantitative estimate of drug-likeness (QED) is 0.834. The normalized spacial score (nSPS) is 19.9. The smallest absolute Gasteiger partial charge is 0.268 e. The van der Waals surface area contributed by atoms with Crippen LogP contribution in [0.1, 0.15) is 26.7 Å². The Hall–Kier alpha value is -1.40. The van der Waals surface area contributed by atoms with Gasteiger partial charge >= 0.3 is 0 Å². The number of carbonyl (C=O) groups is 1. The van der Waals surface area contributed by atoms with Gasteiger partial charge in [0.2, 0.25) is 5.91 Å². The van der Waals surface area contributed by atoms with Crippen molar-refractivity contribution >= 4 is 15.9 Å². The highest BCUT2D eigenvalue weighted by Gasteiger charge is 2.41. The van der Waals surface area contributed by atoms with Crippen LogP contribution >= 0.6 is 0 Å². The molecule has 1 atom stereocenters. The number of ether oxygens (including phenoxy) is 1. The first-order valence-corrected chi connectivity index (χ1v) is 8.11. The van der Waals surface area contributed by atoms with Crippen LogP contribution in [0.4, 0.5) is 0 Å². The molecule has 1 amide bonds. The van der Waals surface area contributed by atoms with Crippen LogP contribution in [-0.2, 0) is 19.6 Å². The molecule has 1 aromatic carbocycles. The third-order valence-corrected chi connectivity index (χ3v) is 4.86. The molecule has 2 rings (SSSR count). The number of carbonyl (C=O) groups excluding carboxylic acids is 1. The van der Waals surface area contributed by atoms with E-state index in [9.17, 15) is 13.2 Å². The molecule has 0 bridgehead atoms. The number of benzene rings is 1. The van der Waals surface area contributed by atoms with E-state index in [0.29, 0.717) is 13.0 Å². The summed E-state index contributed by atoms with van der Waals surface area (Å²) in [6, 6.07) is 7.98. The van der Waals surface area contributed by atoms with E-state index in [2.05, 4.69) is 0 Å². The molecule has 1 heterocycles. The maximum Gasteiger partial charge on any atom is 0.268 e. The first-order chi connectivity index (χ1) is 9.43. The average Bonchev–Trinajstić information content (AvgIpc) is 2.79. The Morgan fingerprint density at radius 2 is 1.95 bits per heavy atom. The number of hydrogen-bond acceptors (Lipinski definition) is 4. The molecule has 0 saturated carbocycles. The van der Waals surface area contributed by atoms with Gasteiger partial charge in [-0.25, -0.2) is 12.7 Å². The van der Waals surface area contributed by atoms with E-state index in [0.717, 1.165) is 4.31 Å². The summed E-state index contributed by atoms with van der Waals surface area (Å²) >= 11 is 0. The van der Waals surface area contributed by atoms with Gasteiger partial charge in [-0.3, -0.25) is 4.79 Å². The molecule has 1 fully saturated rings. The van der Waals surface area contributed by atoms with Crippen LogP contribution < -0.4 is 0 Å². The molecule has 110 valence electrons. The van der Waals surface area contributed by atoms with Gasteiger partial charge < -0.3 is 4.74 Å². The van der Waals surface area contributed by atoms with Crippen LogP contribution in [0, 0.1) is 5.92 Å². The second kappa shape index (κ2) is 5.93. The van der Waals surface area contributed by atoms with Crippen molar-refractivity contribution in [3.63, 3.8) is 0 Å². The molecule has 20 heavy (non-hydrogen) atoms. The fourth-order valence-corrected chi connectivity index (χ4v) is 3.65. The second-order valence-electron chi connectivity index (χ2n) is 5.23. The summed E-state index contributed by atoms with van der Waals surface area (Å²) in [5.41, 5.74) is 0. The molecule has 0 radical (unpaired) electrons. The van der Waals surface area contributed by atoms with Gasteiger partial charge in [0, 0.05) is 12.8 Å². The van der Waals surface area contributed by atoms with Gasteiger partial charge in [-0.2, -0.15) is 0 Å². The van der Waals surface area contributed by atoms with Crippen molar-refractivity contribution in [3.05, 3.63) is 30.3 Å². The average molecular weight is 297 g/mol. The zero-order valence-corrected chi connectivity index (χ0v) is 12.5. The van der Waals surface area contributed by atoms with Crippen molar-refractivity contribution in [3.8, 4) is 0 Å². The zero-order chi connectivity index (χ0) is 14.8. The van der Waals surface area contributed by atoms with Gasteiger partial charge in [-0.1, -0.05) is 32.0 Å². The minimum Gasteiger partial charge on any atom is -0.357 e. The van der Waals surface area contributed by atoms with Gasteiger partial charge in [-0.15, -0.1) is 0 Å². The van der Waals surface area contributed by atoms with Crippen molar-refractivity contribution < 1.29 is 17.9 Å². The highest BCUT2D eigenvalue weighted by atomic mass is 32.2. The highest BCUT2D eigenvalue weighted by molar-refractivity contribution is 7.89. The van der Waals surface area contributed by atoms with E-state index < -0.39 is 22.2 Å². The summed E-state index contributed by atoms with van der Waals surface area (Å²) in [5.74, 6) is -0.116. The van der Waals surface area contributed by atoms with Crippen LogP contribution in [0.2, 0.25) is 0 Å². The summed E-state index contributed by atoms with van der Waals surface area (Å²) in [5, 5.41) is 0. The molecule has 0 aliphatic carbocycles. The number of hydrogen-bond donors (Lipinski definition) is 0. The largest absolute Gasteiger partial charge is 0.357 e. The molecular weight excluding hydrogens is 278 g/mol. The van der Waals surface area contributed by atoms with E-state index in [4.69, 9.17) is 4.74 Å². The number of sulfonamides is 1. The summed E-state index contributed by atoms with van der Waals surface area (Å²) in [7, 11) is -3.83. The Kier molecular flexibility index (Phi) is 4.45. The summed E-state index contributed by atoms with van der Waals surface area (Å²) in [6.45, 7) is 4.39. The topological polar surface area (TPSA) is 63.7 Å². The zero-order valence-electron chi connectivity index (χ0n) is 11.7. The van der Waals surface area contributed by atoms with Crippen LogP contribution in [0.15, 0.2) is 35.2 Å². The van der Waals surface area contributed by atoms with E-state index in [-0.39, 0.29) is 17.2 Å². The Labute approximate surface area is 119 Å². The van der Waals surface area contributed by atoms with Crippen LogP contribution in [-0.4, -0.2) is 31.5 Å². The Morgan fingerprint density at radius 3 is 2.55 bits per heavy atom. The molecule has 0 aromatic heterocycles. The summed E-state index contributed by atoms with van der Waals surface area (Å²) in [4.78, 5) is 12.0. The summed E-state index contributed by atoms with van der Waals surface area (Å²) in [6.07, 6.45) is -0.0676. The lowest BCUT2D eigenvalue weighted by molar-refractivity contribution is -0.128. The van der Waals surface area contributed by atoms with E-state index >= 15 is 0 Å². The molecule has 0 spiro atoms. The SMILES string of the molecule is CC(C)COC1CCC(=O)N1S(=O)(=O)c1ccccc1. The lowest BCUT2D eigenvalue weighted by Gasteiger charge is -2.25. The highest BCUT2D eigenvalue weighted by Crippen LogP contribution is 2.28. The first kappa shape index (κ1) is 15.0. The molecule has 0 N–H and O–H groups in total. The predicted molar refractivity (Wildman–Crippen MR) is 74.3 cm³/mol. The monoisotopic (exact) mass is 297 g/mol. The van der Waals surface area contributed by atoms with Gasteiger partial charge in [0.1, 0.15) is 6.23 Å². The maximum atomic E-state index is 12.5. The van der Waals surface area contributed by atoms with E-state index in [1.807, 2.05) is 13.8 Å². The minimum atomic E-state index is -3.83. The fourth-order valence-electron chi connectivity index (χ4n) is 2.08. The Morgan fingerprint density at radius 1 is 1.30 bits per heavy atom. The molecule has 1 aliphatic heterocycles. The maximum absolute atomic E-state index is 12.5. The first-order valence-electron chi connectivity index (χ1n) is 6.67. The predicted octanol–water partition coefficient (Wildman–Crippen LogP) is 2.00. The van der Waals surface area contributed by atoms with Crippen molar-refractivity contribution in [2.24, 2.45) is 5.92 Å². The van der Waals surface area contributed by atoms with Crippen molar-refractivity contribution in [1.29, 1.82) is 0 Å². The van der Waals surface area contributed by atoms with Gasteiger partial charge in [0.25, 0.3) is 10.0 Å². The Balaban J connectivity index is 2.26. The second-order valence-corrected chi connectivity index (χ2v) is 7.04. The van der Waals surface area contributed by atoms with Gasteiger partial charge in [-0.05, 0) is 18.1 Å². The number of amides is 1. The van der Waals surface area contributed by atoms with E-state index in [1.54, 1.807) is 18.2 Å². The Bertz CT molecular complexity index is 568. The standard InChI is InChI=1S/C14H19NO4S/c1-11(2)10-19-14-9-8-13(16)15(14)20(17,18)12-6-4-3-5-7-12/h3-7,11,14H,8-10H2,1-2H3. The minimum absolute atomic E-state index is 0.119. The molecule has 1 unspecified atom stereocenters. The van der Waals surface area contributed by atoms with Crippen LogP contribution in [0.25, 0.3) is 0 Å². The van der Waals surface area contributed by atoms with Crippen LogP contribution in [0.3, 0.4) is 0 Å². The number of nitrogens with zero attached hydrogens (tertiary/aromatic N) is 1. The lowest BCUT2D eigenvalue weighted by Crippen LogP contribution is -2.40. The van der Waals surface area contributed by atoms with Crippen molar-refractivity contribution in [1.82, 2.24) is 4.31 Å². The van der Waals surface area contributed by atoms with E-state index in [1.165, 1.54) is 12.1 Å². The van der Waals surface area contributed by atoms with Gasteiger partial charge in [0.05, 0.1) is 11.5 Å². The molecule has 1 aromatic rings. The van der Waals surface area contributed by atoms with Crippen molar-refractivity contribution in [2.45, 2.75) is 37.8 Å². The molecule has 6 heteroatoms. The summed E-state index contributed by atoms with van der Waals surface area (Å²) < 4.78 is 31.5. The molecular formula is C14H19NO4S. The third kappa shape index (κ3) is 3.02. The third-order valence-electron chi connectivity index (χ3n) is 3.03. The fraction of sp³-hybridized carbons (Fsp3) is 0.500. The van der Waals surface area contributed by atoms with Gasteiger partial charge in [0.15, 0.2) is 0 Å².